The lowest BCUT2D eigenvalue weighted by Crippen LogP contribution is -2.43. The van der Waals surface area contributed by atoms with Crippen LogP contribution in [0.25, 0.3) is 0 Å². The summed E-state index contributed by atoms with van der Waals surface area (Å²) in [6.45, 7) is 5.80. The number of hydrogen-bond acceptors (Lipinski definition) is 1. The van der Waals surface area contributed by atoms with Gasteiger partial charge in [-0.25, -0.2) is 0 Å². The second kappa shape index (κ2) is 15.2. The first-order valence-corrected chi connectivity index (χ1v) is 10.3. The minimum Gasteiger partial charge on any atom is -0.322 e. The summed E-state index contributed by atoms with van der Waals surface area (Å²) in [6, 6.07) is 0. The largest absolute Gasteiger partial charge is 0.322 e. The summed E-state index contributed by atoms with van der Waals surface area (Å²) in [5.74, 6) is 0.306. The number of ketones is 1. The van der Waals surface area contributed by atoms with Gasteiger partial charge in [-0.05, 0) is 12.8 Å². The minimum absolute atomic E-state index is 0.306. The number of carbonyl (C=O) groups excluding carboxylic acids is 1. The lowest BCUT2D eigenvalue weighted by molar-refractivity contribution is -0.882. The standard InChI is InChI=1S/C21H44NO/c1-5-6-7-8-9-10-11-12-13-14-15-16-17-18-19-22(3,4)20-21(2)23/h5-20H2,1-4H3/q+1. The average Bonchev–Trinajstić information content (AvgIpc) is 2.46. The van der Waals surface area contributed by atoms with Gasteiger partial charge in [-0.3, -0.25) is 4.79 Å². The molecule has 0 aromatic carbocycles. The molecule has 0 N–H and O–H groups in total. The highest BCUT2D eigenvalue weighted by Crippen LogP contribution is 2.13. The Hall–Kier alpha value is -0.370. The van der Waals surface area contributed by atoms with Crippen LogP contribution in [0.4, 0.5) is 0 Å². The first-order valence-electron chi connectivity index (χ1n) is 10.3. The highest BCUT2D eigenvalue weighted by atomic mass is 16.1. The molecule has 0 heterocycles. The molecule has 0 unspecified atom stereocenters. The second-order valence-electron chi connectivity index (χ2n) is 8.12. The summed E-state index contributed by atoms with van der Waals surface area (Å²) in [5.41, 5.74) is 0. The van der Waals surface area contributed by atoms with Crippen molar-refractivity contribution < 1.29 is 9.28 Å². The van der Waals surface area contributed by atoms with Crippen molar-refractivity contribution in [3.63, 3.8) is 0 Å². The third-order valence-corrected chi connectivity index (χ3v) is 4.77. The van der Waals surface area contributed by atoms with Crippen LogP contribution < -0.4 is 0 Å². The van der Waals surface area contributed by atoms with Gasteiger partial charge in [0, 0.05) is 6.92 Å². The molecule has 0 aliphatic heterocycles. The van der Waals surface area contributed by atoms with Gasteiger partial charge in [0.05, 0.1) is 20.6 Å². The van der Waals surface area contributed by atoms with Gasteiger partial charge in [0.25, 0.3) is 0 Å². The van der Waals surface area contributed by atoms with Crippen molar-refractivity contribution in [1.82, 2.24) is 0 Å². The van der Waals surface area contributed by atoms with Crippen molar-refractivity contribution in [2.45, 2.75) is 104 Å². The number of nitrogens with zero attached hydrogens (tertiary/aromatic N) is 1. The van der Waals surface area contributed by atoms with Crippen molar-refractivity contribution in [3.05, 3.63) is 0 Å². The van der Waals surface area contributed by atoms with Crippen molar-refractivity contribution in [3.8, 4) is 0 Å². The van der Waals surface area contributed by atoms with Gasteiger partial charge in [-0.15, -0.1) is 0 Å². The zero-order valence-electron chi connectivity index (χ0n) is 16.7. The predicted molar refractivity (Wildman–Crippen MR) is 103 cm³/mol. The van der Waals surface area contributed by atoms with Gasteiger partial charge in [0.15, 0.2) is 5.78 Å². The van der Waals surface area contributed by atoms with Crippen molar-refractivity contribution in [1.29, 1.82) is 0 Å². The van der Waals surface area contributed by atoms with Crippen LogP contribution in [0, 0.1) is 0 Å². The van der Waals surface area contributed by atoms with E-state index in [1.54, 1.807) is 6.92 Å². The number of quaternary nitrogens is 1. The molecule has 0 spiro atoms. The Morgan fingerprint density at radius 3 is 1.35 bits per heavy atom. The van der Waals surface area contributed by atoms with Crippen LogP contribution in [0.3, 0.4) is 0 Å². The lowest BCUT2D eigenvalue weighted by Gasteiger charge is -2.28. The minimum atomic E-state index is 0.306. The van der Waals surface area contributed by atoms with Crippen LogP contribution in [0.15, 0.2) is 0 Å². The van der Waals surface area contributed by atoms with E-state index in [9.17, 15) is 4.79 Å². The fraction of sp³-hybridized carbons (Fsp3) is 0.952. The van der Waals surface area contributed by atoms with Crippen LogP contribution in [-0.4, -0.2) is 37.5 Å². The SMILES string of the molecule is CCCCCCCCCCCCCCCC[N+](C)(C)CC(C)=O. The molecule has 2 nitrogen and oxygen atoms in total. The van der Waals surface area contributed by atoms with Crippen LogP contribution in [-0.2, 0) is 4.79 Å². The van der Waals surface area contributed by atoms with Crippen molar-refractivity contribution in [2.75, 3.05) is 27.2 Å². The molecule has 138 valence electrons. The molecule has 0 aliphatic carbocycles. The molecule has 23 heavy (non-hydrogen) atoms. The van der Waals surface area contributed by atoms with Gasteiger partial charge < -0.3 is 4.48 Å². The van der Waals surface area contributed by atoms with Crippen LogP contribution >= 0.6 is 0 Å². The Morgan fingerprint density at radius 1 is 0.652 bits per heavy atom. The van der Waals surface area contributed by atoms with E-state index in [1.807, 2.05) is 0 Å². The Balaban J connectivity index is 3.20. The summed E-state index contributed by atoms with van der Waals surface area (Å²) in [6.07, 6.45) is 19.7. The molecule has 0 radical (unpaired) electrons. The Morgan fingerprint density at radius 2 is 1.00 bits per heavy atom. The van der Waals surface area contributed by atoms with E-state index in [2.05, 4.69) is 21.0 Å². The van der Waals surface area contributed by atoms with Crippen LogP contribution in [0.5, 0.6) is 0 Å². The highest BCUT2D eigenvalue weighted by molar-refractivity contribution is 5.76. The van der Waals surface area contributed by atoms with Crippen LogP contribution in [0.2, 0.25) is 0 Å². The van der Waals surface area contributed by atoms with E-state index in [0.29, 0.717) is 12.3 Å². The first-order chi connectivity index (χ1) is 11.0. The molecule has 2 heteroatoms. The van der Waals surface area contributed by atoms with Gasteiger partial charge in [0.2, 0.25) is 0 Å². The number of Topliss-reactive ketones (excluding diaryl/α,β-unsaturated/α-hetero) is 1. The maximum Gasteiger partial charge on any atom is 0.183 e. The molecule has 0 fully saturated rings. The number of hydrogen-bond donors (Lipinski definition) is 0. The molecular weight excluding hydrogens is 282 g/mol. The van der Waals surface area contributed by atoms with Gasteiger partial charge in [-0.2, -0.15) is 0 Å². The molecule has 0 rings (SSSR count). The van der Waals surface area contributed by atoms with E-state index in [4.69, 9.17) is 0 Å². The predicted octanol–water partition coefficient (Wildman–Crippen LogP) is 6.13. The fourth-order valence-electron chi connectivity index (χ4n) is 3.42. The van der Waals surface area contributed by atoms with Gasteiger partial charge in [0.1, 0.15) is 6.54 Å². The quantitative estimate of drug-likeness (QED) is 0.232. The van der Waals surface area contributed by atoms with Crippen molar-refractivity contribution in [2.24, 2.45) is 0 Å². The third-order valence-electron chi connectivity index (χ3n) is 4.77. The molecule has 0 aromatic rings. The zero-order chi connectivity index (χ0) is 17.4. The van der Waals surface area contributed by atoms with Gasteiger partial charge in [-0.1, -0.05) is 84.0 Å². The summed E-state index contributed by atoms with van der Waals surface area (Å²) >= 11 is 0. The molecule has 0 aromatic heterocycles. The summed E-state index contributed by atoms with van der Waals surface area (Å²) in [5, 5.41) is 0. The molecule has 0 atom stereocenters. The normalized spacial score (nSPS) is 11.8. The average molecular weight is 327 g/mol. The molecular formula is C21H44NO+. The second-order valence-corrected chi connectivity index (χ2v) is 8.12. The highest BCUT2D eigenvalue weighted by Gasteiger charge is 2.16. The Labute approximate surface area is 146 Å². The zero-order valence-corrected chi connectivity index (χ0v) is 16.7. The molecule has 0 saturated heterocycles. The third kappa shape index (κ3) is 17.8. The lowest BCUT2D eigenvalue weighted by atomic mass is 10.0. The van der Waals surface area contributed by atoms with Crippen molar-refractivity contribution >= 4 is 5.78 Å². The molecule has 0 aliphatic rings. The number of carbonyl (C=O) groups is 1. The topological polar surface area (TPSA) is 17.1 Å². The Bertz CT molecular complexity index is 273. The summed E-state index contributed by atoms with van der Waals surface area (Å²) in [4.78, 5) is 11.2. The fourth-order valence-corrected chi connectivity index (χ4v) is 3.42. The maximum atomic E-state index is 11.2. The summed E-state index contributed by atoms with van der Waals surface area (Å²) in [7, 11) is 4.34. The van der Waals surface area contributed by atoms with E-state index >= 15 is 0 Å². The Kier molecular flexibility index (Phi) is 14.9. The molecule has 0 amide bonds. The monoisotopic (exact) mass is 326 g/mol. The smallest absolute Gasteiger partial charge is 0.183 e. The number of rotatable bonds is 17. The number of unbranched alkanes of at least 4 members (excludes halogenated alkanes) is 13. The number of likely N-dealkylation sites (N-methyl/N-ethyl adjacent to an activating group) is 1. The van der Waals surface area contributed by atoms with E-state index in [0.717, 1.165) is 11.0 Å². The summed E-state index contributed by atoms with van der Waals surface area (Å²) < 4.78 is 0.855. The molecule has 0 saturated carbocycles. The van der Waals surface area contributed by atoms with E-state index in [-0.39, 0.29) is 0 Å². The molecule has 0 bridgehead atoms. The first kappa shape index (κ1) is 22.6. The van der Waals surface area contributed by atoms with E-state index in [1.165, 1.54) is 89.9 Å². The van der Waals surface area contributed by atoms with E-state index < -0.39 is 0 Å². The van der Waals surface area contributed by atoms with Gasteiger partial charge >= 0.3 is 0 Å². The maximum absolute atomic E-state index is 11.2. The van der Waals surface area contributed by atoms with Crippen LogP contribution in [0.1, 0.15) is 104 Å².